The molecular formula is C47H65BrN4O12. The molecule has 1 saturated heterocycles. The molecule has 0 spiro atoms. The number of halogens is 1. The smallest absolute Gasteiger partial charge is 0.312 e. The van der Waals surface area contributed by atoms with Crippen molar-refractivity contribution in [2.45, 2.75) is 117 Å². The van der Waals surface area contributed by atoms with Gasteiger partial charge in [0.15, 0.2) is 5.75 Å². The second-order valence-electron chi connectivity index (χ2n) is 17.8. The predicted octanol–water partition coefficient (Wildman–Crippen LogP) is 6.23. The van der Waals surface area contributed by atoms with E-state index in [0.29, 0.717) is 19.1 Å². The molecule has 4 aliphatic heterocycles. The normalized spacial score (nSPS) is 31.9. The monoisotopic (exact) mass is 956 g/mol. The summed E-state index contributed by atoms with van der Waals surface area (Å²) in [5.41, 5.74) is -0.293. The zero-order valence-electron chi connectivity index (χ0n) is 38.2. The summed E-state index contributed by atoms with van der Waals surface area (Å²) in [4.78, 5) is 43.2. The Morgan fingerprint density at radius 1 is 0.922 bits per heavy atom. The van der Waals surface area contributed by atoms with Gasteiger partial charge in [0, 0.05) is 93.4 Å². The molecule has 5 bridgehead atoms. The molecule has 4 heterocycles. The number of hydrogen-bond acceptors (Lipinski definition) is 15. The van der Waals surface area contributed by atoms with Gasteiger partial charge < -0.3 is 49.8 Å². The van der Waals surface area contributed by atoms with Crippen molar-refractivity contribution >= 4 is 57.3 Å². The number of phenols is 3. The molecule has 64 heavy (non-hydrogen) atoms. The van der Waals surface area contributed by atoms with Crippen molar-refractivity contribution in [1.29, 1.82) is 0 Å². The predicted molar refractivity (Wildman–Crippen MR) is 247 cm³/mol. The maximum absolute atomic E-state index is 14.5. The van der Waals surface area contributed by atoms with Crippen molar-refractivity contribution in [1.82, 2.24) is 9.91 Å². The van der Waals surface area contributed by atoms with E-state index in [2.05, 4.69) is 15.3 Å². The fourth-order valence-corrected chi connectivity index (χ4v) is 9.47. The van der Waals surface area contributed by atoms with E-state index < -0.39 is 88.8 Å². The van der Waals surface area contributed by atoms with Crippen molar-refractivity contribution in [3.8, 4) is 23.0 Å². The first kappa shape index (κ1) is 50.3. The van der Waals surface area contributed by atoms with Crippen molar-refractivity contribution in [2.75, 3.05) is 38.6 Å². The quantitative estimate of drug-likeness (QED) is 0.0848. The van der Waals surface area contributed by atoms with E-state index in [0.717, 1.165) is 13.1 Å². The third-order valence-electron chi connectivity index (χ3n) is 13.5. The van der Waals surface area contributed by atoms with Gasteiger partial charge in [-0.25, -0.2) is 0 Å². The van der Waals surface area contributed by atoms with Crippen LogP contribution in [0.5, 0.6) is 23.0 Å². The van der Waals surface area contributed by atoms with Gasteiger partial charge in [-0.1, -0.05) is 58.8 Å². The van der Waals surface area contributed by atoms with Gasteiger partial charge in [0.05, 0.1) is 53.0 Å². The van der Waals surface area contributed by atoms with Crippen LogP contribution >= 0.6 is 17.0 Å². The molecule has 5 aliphatic rings. The van der Waals surface area contributed by atoms with Crippen molar-refractivity contribution in [3.05, 3.63) is 52.8 Å². The summed E-state index contributed by atoms with van der Waals surface area (Å²) in [7, 11) is 1.44. The molecule has 352 valence electrons. The van der Waals surface area contributed by atoms with Crippen LogP contribution in [0.1, 0.15) is 95.6 Å². The van der Waals surface area contributed by atoms with Gasteiger partial charge in [0.1, 0.15) is 23.4 Å². The van der Waals surface area contributed by atoms with Crippen LogP contribution in [0.4, 0.5) is 5.69 Å². The Bertz CT molecular complexity index is 2200. The summed E-state index contributed by atoms with van der Waals surface area (Å²) in [5, 5.41) is 67.6. The maximum atomic E-state index is 14.5. The van der Waals surface area contributed by atoms with Crippen LogP contribution in [-0.2, 0) is 23.8 Å². The van der Waals surface area contributed by atoms with Crippen LogP contribution in [0.3, 0.4) is 0 Å². The fourth-order valence-electron chi connectivity index (χ4n) is 9.47. The minimum Gasteiger partial charge on any atom is -0.507 e. The fraction of sp³-hybridized carbons (Fsp3) is 0.574. The average molecular weight is 958 g/mol. The number of hydrogen-bond donors (Lipinski definition) is 6. The van der Waals surface area contributed by atoms with Crippen molar-refractivity contribution in [3.63, 3.8) is 0 Å². The van der Waals surface area contributed by atoms with Crippen LogP contribution in [0.15, 0.2) is 41.2 Å². The Hall–Kier alpha value is -4.68. The largest absolute Gasteiger partial charge is 0.507 e. The zero-order chi connectivity index (χ0) is 46.1. The molecule has 17 heteroatoms. The second kappa shape index (κ2) is 20.7. The topological polar surface area (TPSA) is 220 Å². The van der Waals surface area contributed by atoms with Gasteiger partial charge in [0.25, 0.3) is 11.7 Å². The first-order chi connectivity index (χ1) is 29.8. The number of phenolic OH excluding ortho intramolecular Hbond substituents is 3. The third-order valence-corrected chi connectivity index (χ3v) is 13.5. The number of Topliss-reactive ketones (excluding diaryl/α,β-unsaturated/α-hetero) is 1. The van der Waals surface area contributed by atoms with E-state index in [4.69, 9.17) is 18.9 Å². The second-order valence-corrected chi connectivity index (χ2v) is 17.8. The van der Waals surface area contributed by atoms with Gasteiger partial charge in [-0.05, 0) is 32.8 Å². The molecule has 2 aromatic rings. The zero-order valence-corrected chi connectivity index (χ0v) is 39.9. The molecule has 2 fully saturated rings. The van der Waals surface area contributed by atoms with E-state index in [9.17, 15) is 39.9 Å². The number of benzene rings is 2. The number of nitrogens with zero attached hydrogens (tertiary/aromatic N) is 3. The number of hydrazone groups is 1. The van der Waals surface area contributed by atoms with Crippen LogP contribution < -0.4 is 10.1 Å². The summed E-state index contributed by atoms with van der Waals surface area (Å²) in [6.45, 7) is 15.4. The molecule has 0 aromatic heterocycles. The number of nitrogens with one attached hydrogen (secondary N) is 1. The number of anilines is 1. The number of esters is 1. The van der Waals surface area contributed by atoms with E-state index in [-0.39, 0.29) is 61.5 Å². The van der Waals surface area contributed by atoms with Crippen molar-refractivity contribution in [2.24, 2.45) is 28.8 Å². The number of allylic oxidation sites excluding steroid dienone is 2. The highest BCUT2D eigenvalue weighted by Crippen LogP contribution is 2.55. The Morgan fingerprint density at radius 3 is 2.20 bits per heavy atom. The molecule has 1 aliphatic carbocycles. The number of carbonyl (C=O) groups excluding carboxylic acids is 3. The first-order valence-electron chi connectivity index (χ1n) is 21.9. The average Bonchev–Trinajstić information content (AvgIpc) is 3.89. The highest BCUT2D eigenvalue weighted by Gasteiger charge is 2.50. The van der Waals surface area contributed by atoms with E-state index in [1.807, 2.05) is 5.01 Å². The number of fused-ring (bicyclic) bond motifs is 14. The highest BCUT2D eigenvalue weighted by molar-refractivity contribution is 8.93. The summed E-state index contributed by atoms with van der Waals surface area (Å²) < 4.78 is 23.7. The summed E-state index contributed by atoms with van der Waals surface area (Å²) in [6, 6.07) is 0.553. The Labute approximate surface area is 385 Å². The maximum Gasteiger partial charge on any atom is 0.312 e. The number of aliphatic hydroxyl groups excluding tert-OH is 2. The Morgan fingerprint density at radius 2 is 1.58 bits per heavy atom. The number of methoxy groups -OCH3 is 1. The van der Waals surface area contributed by atoms with Crippen LogP contribution in [0.2, 0.25) is 0 Å². The van der Waals surface area contributed by atoms with Crippen LogP contribution in [-0.4, -0.2) is 129 Å². The lowest BCUT2D eigenvalue weighted by Gasteiger charge is -2.38. The summed E-state index contributed by atoms with van der Waals surface area (Å²) in [6.07, 6.45) is 9.75. The number of carbonyl (C=O) groups is 3. The Kier molecular flexibility index (Phi) is 16.2. The highest BCUT2D eigenvalue weighted by atomic mass is 79.9. The molecule has 0 radical (unpaired) electrons. The number of aromatic hydroxyl groups is 3. The lowest BCUT2D eigenvalue weighted by molar-refractivity contribution is -0.160. The van der Waals surface area contributed by atoms with Gasteiger partial charge >= 0.3 is 11.8 Å². The molecule has 1 amide bonds. The molecule has 16 nitrogen and oxygen atoms in total. The molecule has 2 aromatic carbocycles. The molecule has 0 unspecified atom stereocenters. The molecule has 9 atom stereocenters. The number of ketones is 1. The standard InChI is InChI=1S/C47H64N4O12.BrH/c1-24-13-12-14-25(2)46(59)49-37-32(23-48-51-20-18-50(19-21-51)31-15-10-11-16-31)41(56)34-35(42(37)57)40(55)29(6)44-36(34)45(58)47(8,63-44)61-22-17-33(60-9)26(3)43(62-30(7)52)28(5)39(54)27(4)38(24)53;/h12-14,17,22-24,26-28,31,33,38-39,43,53-57H,10-11,15-16,18-21H2,1-9H3,(H,49,59);1H/b13-12+,22-17+,25-14+,48-23-;/t24-,26+,27+,28+,33-,38-,39+,43+,47-;/m0./s1. The third kappa shape index (κ3) is 9.93. The lowest BCUT2D eigenvalue weighted by atomic mass is 9.78. The van der Waals surface area contributed by atoms with E-state index in [1.54, 1.807) is 39.8 Å². The van der Waals surface area contributed by atoms with Crippen LogP contribution in [0, 0.1) is 30.6 Å². The van der Waals surface area contributed by atoms with Gasteiger partial charge in [-0.15, -0.1) is 17.0 Å². The lowest BCUT2D eigenvalue weighted by Crippen LogP contribution is -2.47. The van der Waals surface area contributed by atoms with Crippen LogP contribution in [0.25, 0.3) is 10.8 Å². The minimum atomic E-state index is -2.04. The summed E-state index contributed by atoms with van der Waals surface area (Å²) in [5.74, 6) is -8.28. The number of rotatable bonds is 5. The Balaban J connectivity index is 0.00000771. The van der Waals surface area contributed by atoms with E-state index >= 15 is 0 Å². The number of amides is 1. The number of piperazine rings is 1. The van der Waals surface area contributed by atoms with Gasteiger partial charge in [0.2, 0.25) is 0 Å². The minimum absolute atomic E-state index is 0. The summed E-state index contributed by atoms with van der Waals surface area (Å²) >= 11 is 0. The number of aliphatic hydroxyl groups is 2. The molecule has 6 N–H and O–H groups in total. The first-order valence-corrected chi connectivity index (χ1v) is 21.9. The molecule has 1 saturated carbocycles. The van der Waals surface area contributed by atoms with Gasteiger partial charge in [-0.3, -0.25) is 24.3 Å². The van der Waals surface area contributed by atoms with Gasteiger partial charge in [-0.2, -0.15) is 5.10 Å². The van der Waals surface area contributed by atoms with E-state index in [1.165, 1.54) is 85.1 Å². The SMILES string of the molecule is Br.CO[C@H]1/C=C/O[C@@]2(C)Oc3c(C)c(O)c4c(O)c(c(/C=N\N5CCN(C6CCCC6)CC5)c(O)c4c3C2=O)NC(=O)/C(C)=C/C=C/[C@H](C)[C@H](O)[C@@H](C)[C@@H](O)[C@@H](C)[C@H](OC(C)=O)[C@@H]1C. The molecular weight excluding hydrogens is 892 g/mol. The van der Waals surface area contributed by atoms with Crippen molar-refractivity contribution < 1.29 is 58.9 Å². The number of ether oxygens (including phenoxy) is 4. The molecule has 7 rings (SSSR count).